The Hall–Kier alpha value is -0.890. The van der Waals surface area contributed by atoms with E-state index in [0.29, 0.717) is 24.5 Å². The third-order valence-corrected chi connectivity index (χ3v) is 5.64. The monoisotopic (exact) mass is 300 g/mol. The third-order valence-electron chi connectivity index (χ3n) is 3.76. The summed E-state index contributed by atoms with van der Waals surface area (Å²) in [5.41, 5.74) is 6.32. The van der Waals surface area contributed by atoms with Crippen molar-refractivity contribution in [1.29, 1.82) is 0 Å². The number of nitrogens with one attached hydrogen (secondary N) is 1. The van der Waals surface area contributed by atoms with Gasteiger partial charge in [-0.1, -0.05) is 0 Å². The summed E-state index contributed by atoms with van der Waals surface area (Å²) in [6, 6.07) is 1.62. The van der Waals surface area contributed by atoms with Crippen molar-refractivity contribution >= 4 is 10.0 Å². The van der Waals surface area contributed by atoms with Crippen LogP contribution in [0, 0.1) is 0 Å². The molecule has 0 aromatic carbocycles. The van der Waals surface area contributed by atoms with Crippen LogP contribution in [0.5, 0.6) is 0 Å². The van der Waals surface area contributed by atoms with Gasteiger partial charge in [-0.2, -0.15) is 4.31 Å². The molecule has 0 bridgehead atoms. The number of H-pyrrole nitrogens is 1. The average Bonchev–Trinajstić information content (AvgIpc) is 2.87. The molecule has 0 aliphatic carbocycles. The minimum atomic E-state index is -3.40. The van der Waals surface area contributed by atoms with Crippen LogP contribution in [0.15, 0.2) is 17.2 Å². The van der Waals surface area contributed by atoms with Crippen LogP contribution < -0.4 is 5.73 Å². The quantitative estimate of drug-likeness (QED) is 0.855. The van der Waals surface area contributed by atoms with Crippen molar-refractivity contribution in [3.05, 3.63) is 18.0 Å². The predicted octanol–water partition coefficient (Wildman–Crippen LogP) is 0.578. The number of nitrogens with zero attached hydrogens (tertiary/aromatic N) is 2. The summed E-state index contributed by atoms with van der Waals surface area (Å²) in [6.45, 7) is 9.34. The van der Waals surface area contributed by atoms with Crippen molar-refractivity contribution in [3.63, 3.8) is 0 Å². The second kappa shape index (κ2) is 5.48. The largest absolute Gasteiger partial charge is 0.363 e. The van der Waals surface area contributed by atoms with Gasteiger partial charge in [0, 0.05) is 50.2 Å². The number of sulfonamides is 1. The molecule has 0 saturated carbocycles. The Labute approximate surface area is 121 Å². The summed E-state index contributed by atoms with van der Waals surface area (Å²) < 4.78 is 26.6. The van der Waals surface area contributed by atoms with Crippen LogP contribution in [0.25, 0.3) is 0 Å². The Morgan fingerprint density at radius 1 is 1.25 bits per heavy atom. The minimum Gasteiger partial charge on any atom is -0.363 e. The van der Waals surface area contributed by atoms with Gasteiger partial charge >= 0.3 is 0 Å². The highest BCUT2D eigenvalue weighted by molar-refractivity contribution is 7.89. The Bertz CT molecular complexity index is 551. The van der Waals surface area contributed by atoms with E-state index in [1.807, 2.05) is 0 Å². The van der Waals surface area contributed by atoms with Crippen LogP contribution in [0.2, 0.25) is 0 Å². The molecule has 1 aliphatic rings. The van der Waals surface area contributed by atoms with Crippen LogP contribution in [0.1, 0.15) is 26.5 Å². The lowest BCUT2D eigenvalue weighted by atomic mass is 10.1. The van der Waals surface area contributed by atoms with Crippen LogP contribution in [0.3, 0.4) is 0 Å². The van der Waals surface area contributed by atoms with Crippen molar-refractivity contribution in [3.8, 4) is 0 Å². The van der Waals surface area contributed by atoms with Crippen LogP contribution >= 0.6 is 0 Å². The maximum Gasteiger partial charge on any atom is 0.244 e. The topological polar surface area (TPSA) is 82.4 Å². The van der Waals surface area contributed by atoms with Crippen molar-refractivity contribution in [2.75, 3.05) is 26.2 Å². The second-order valence-electron chi connectivity index (χ2n) is 6.13. The molecule has 1 aromatic heterocycles. The molecule has 1 aromatic rings. The van der Waals surface area contributed by atoms with Crippen molar-refractivity contribution in [2.24, 2.45) is 5.73 Å². The van der Waals surface area contributed by atoms with Gasteiger partial charge < -0.3 is 10.7 Å². The van der Waals surface area contributed by atoms with E-state index in [0.717, 1.165) is 18.8 Å². The molecule has 0 unspecified atom stereocenters. The van der Waals surface area contributed by atoms with Crippen LogP contribution in [-0.4, -0.2) is 54.3 Å². The van der Waals surface area contributed by atoms with Gasteiger partial charge in [0.2, 0.25) is 10.0 Å². The van der Waals surface area contributed by atoms with Crippen LogP contribution in [-0.2, 0) is 16.6 Å². The first-order valence-corrected chi connectivity index (χ1v) is 8.32. The first-order chi connectivity index (χ1) is 9.25. The molecule has 3 N–H and O–H groups in total. The van der Waals surface area contributed by atoms with E-state index in [4.69, 9.17) is 5.73 Å². The minimum absolute atomic E-state index is 0.0800. The Morgan fingerprint density at radius 3 is 2.30 bits per heavy atom. The SMILES string of the molecule is CC(C)(C)N1CCN(S(=O)(=O)c2c[nH]c(CN)c2)CC1. The Morgan fingerprint density at radius 2 is 1.85 bits per heavy atom. The van der Waals surface area contributed by atoms with E-state index in [1.54, 1.807) is 10.4 Å². The second-order valence-corrected chi connectivity index (χ2v) is 8.06. The highest BCUT2D eigenvalue weighted by Gasteiger charge is 2.32. The fourth-order valence-corrected chi connectivity index (χ4v) is 3.88. The molecule has 1 aliphatic heterocycles. The average molecular weight is 300 g/mol. The number of hydrogen-bond donors (Lipinski definition) is 2. The standard InChI is InChI=1S/C13H24N4O2S/c1-13(2,3)16-4-6-17(7-5-16)20(18,19)12-8-11(9-14)15-10-12/h8,10,15H,4-7,9,14H2,1-3H3. The summed E-state index contributed by atoms with van der Waals surface area (Å²) in [6.07, 6.45) is 1.52. The van der Waals surface area contributed by atoms with E-state index < -0.39 is 10.0 Å². The molecule has 0 spiro atoms. The fraction of sp³-hybridized carbons (Fsp3) is 0.692. The molecule has 0 amide bonds. The number of nitrogens with two attached hydrogens (primary N) is 1. The highest BCUT2D eigenvalue weighted by Crippen LogP contribution is 2.21. The summed E-state index contributed by atoms with van der Waals surface area (Å²) in [5, 5.41) is 0. The number of aromatic nitrogens is 1. The lowest BCUT2D eigenvalue weighted by Crippen LogP contribution is -2.54. The molecule has 2 heterocycles. The Kier molecular flexibility index (Phi) is 4.24. The third kappa shape index (κ3) is 3.06. The lowest BCUT2D eigenvalue weighted by Gasteiger charge is -2.41. The normalized spacial score (nSPS) is 19.4. The molecule has 0 atom stereocenters. The molecule has 0 radical (unpaired) electrons. The summed E-state index contributed by atoms with van der Waals surface area (Å²) in [7, 11) is -3.40. The zero-order valence-electron chi connectivity index (χ0n) is 12.4. The van der Waals surface area contributed by atoms with E-state index >= 15 is 0 Å². The molecule has 2 rings (SSSR count). The van der Waals surface area contributed by atoms with Gasteiger partial charge in [-0.25, -0.2) is 8.42 Å². The maximum atomic E-state index is 12.5. The maximum absolute atomic E-state index is 12.5. The van der Waals surface area contributed by atoms with Crippen molar-refractivity contribution in [1.82, 2.24) is 14.2 Å². The van der Waals surface area contributed by atoms with Crippen molar-refractivity contribution < 1.29 is 8.42 Å². The van der Waals surface area contributed by atoms with Crippen LogP contribution in [0.4, 0.5) is 0 Å². The van der Waals surface area contributed by atoms with Gasteiger partial charge in [0.1, 0.15) is 0 Å². The zero-order chi connectivity index (χ0) is 15.0. The van der Waals surface area contributed by atoms with E-state index in [1.165, 1.54) is 6.20 Å². The molecule has 1 saturated heterocycles. The summed E-state index contributed by atoms with van der Waals surface area (Å²) >= 11 is 0. The van der Waals surface area contributed by atoms with E-state index in [2.05, 4.69) is 30.7 Å². The highest BCUT2D eigenvalue weighted by atomic mass is 32.2. The van der Waals surface area contributed by atoms with Gasteiger partial charge in [-0.3, -0.25) is 4.90 Å². The number of hydrogen-bond acceptors (Lipinski definition) is 4. The molecular weight excluding hydrogens is 276 g/mol. The zero-order valence-corrected chi connectivity index (χ0v) is 13.2. The molecular formula is C13H24N4O2S. The number of piperazine rings is 1. The molecule has 6 nitrogen and oxygen atoms in total. The fourth-order valence-electron chi connectivity index (χ4n) is 2.43. The molecule has 20 heavy (non-hydrogen) atoms. The predicted molar refractivity (Wildman–Crippen MR) is 78.8 cm³/mol. The van der Waals surface area contributed by atoms with E-state index in [9.17, 15) is 8.42 Å². The molecule has 114 valence electrons. The smallest absolute Gasteiger partial charge is 0.244 e. The Balaban J connectivity index is 2.09. The molecule has 7 heteroatoms. The van der Waals surface area contributed by atoms with Crippen molar-refractivity contribution in [2.45, 2.75) is 37.8 Å². The first-order valence-electron chi connectivity index (χ1n) is 6.88. The summed E-state index contributed by atoms with van der Waals surface area (Å²) in [4.78, 5) is 5.51. The summed E-state index contributed by atoms with van der Waals surface area (Å²) in [5.74, 6) is 0. The molecule has 1 fully saturated rings. The van der Waals surface area contributed by atoms with Gasteiger partial charge in [-0.05, 0) is 26.8 Å². The van der Waals surface area contributed by atoms with E-state index in [-0.39, 0.29) is 5.54 Å². The lowest BCUT2D eigenvalue weighted by molar-refractivity contribution is 0.0922. The van der Waals surface area contributed by atoms with Gasteiger partial charge in [0.05, 0.1) is 4.90 Å². The number of aromatic amines is 1. The number of rotatable bonds is 3. The van der Waals surface area contributed by atoms with Gasteiger partial charge in [0.15, 0.2) is 0 Å². The van der Waals surface area contributed by atoms with Gasteiger partial charge in [0.25, 0.3) is 0 Å². The first kappa shape index (κ1) is 15.5. The van der Waals surface area contributed by atoms with Gasteiger partial charge in [-0.15, -0.1) is 0 Å².